The molecular weight excluding hydrogens is 644 g/mol. The number of nitrogens with zero attached hydrogens (tertiary/aromatic N) is 2. The average Bonchev–Trinajstić information content (AvgIpc) is 3.35. The Morgan fingerprint density at radius 3 is 2.04 bits per heavy atom. The molecule has 256 valence electrons. The van der Waals surface area contributed by atoms with Gasteiger partial charge in [0.1, 0.15) is 25.3 Å². The highest BCUT2D eigenvalue weighted by molar-refractivity contribution is 7.89. The number of non-ortho nitro benzene ring substituents is 1. The molecule has 0 saturated carbocycles. The Morgan fingerprint density at radius 2 is 1.46 bits per heavy atom. The number of hydrogen-bond acceptors (Lipinski definition) is 10. The standard InChI is InChI=1S/C33H38N4O10S/c1-33(2,3)47-31(39)21-36(32(40)46-22-29-27-10-6-4-8-25(27)26-9-5-7-11-28(26)29)20-30(38)34-16-18-45-19-17-35-48(43,44)24-14-12-23(13-15-24)37(41)42/h4-15,29,35H,16-22H2,1-3H3,(H,34,38). The van der Waals surface area contributed by atoms with Gasteiger partial charge in [-0.15, -0.1) is 0 Å². The van der Waals surface area contributed by atoms with Crippen LogP contribution in [0.1, 0.15) is 37.8 Å². The molecule has 0 atom stereocenters. The molecule has 1 aliphatic carbocycles. The van der Waals surface area contributed by atoms with Gasteiger partial charge in [-0.2, -0.15) is 0 Å². The van der Waals surface area contributed by atoms with Crippen molar-refractivity contribution in [2.45, 2.75) is 37.2 Å². The van der Waals surface area contributed by atoms with Crippen molar-refractivity contribution in [1.29, 1.82) is 0 Å². The third-order valence-corrected chi connectivity index (χ3v) is 8.61. The summed E-state index contributed by atoms with van der Waals surface area (Å²) in [6.45, 7) is 4.05. The van der Waals surface area contributed by atoms with E-state index in [9.17, 15) is 32.9 Å². The number of rotatable bonds is 15. The van der Waals surface area contributed by atoms with E-state index in [0.29, 0.717) is 0 Å². The molecule has 0 saturated heterocycles. The molecule has 0 spiro atoms. The number of fused-ring (bicyclic) bond motifs is 3. The molecule has 0 aromatic heterocycles. The largest absolute Gasteiger partial charge is 0.459 e. The molecule has 0 heterocycles. The molecule has 0 bridgehead atoms. The Bertz CT molecular complexity index is 1690. The lowest BCUT2D eigenvalue weighted by atomic mass is 9.98. The first kappa shape index (κ1) is 36.0. The Hall–Kier alpha value is -4.86. The van der Waals surface area contributed by atoms with Gasteiger partial charge in [-0.05, 0) is 55.2 Å². The molecule has 15 heteroatoms. The molecule has 2 amide bonds. The molecule has 14 nitrogen and oxygen atoms in total. The zero-order valence-electron chi connectivity index (χ0n) is 26.8. The Morgan fingerprint density at radius 1 is 0.875 bits per heavy atom. The van der Waals surface area contributed by atoms with E-state index in [2.05, 4.69) is 10.0 Å². The van der Waals surface area contributed by atoms with E-state index >= 15 is 0 Å². The smallest absolute Gasteiger partial charge is 0.410 e. The zero-order valence-corrected chi connectivity index (χ0v) is 27.7. The highest BCUT2D eigenvalue weighted by Gasteiger charge is 2.31. The first-order valence-corrected chi connectivity index (χ1v) is 16.6. The lowest BCUT2D eigenvalue weighted by Gasteiger charge is -2.25. The van der Waals surface area contributed by atoms with Crippen LogP contribution in [0.4, 0.5) is 10.5 Å². The van der Waals surface area contributed by atoms with Gasteiger partial charge in [-0.3, -0.25) is 24.6 Å². The lowest BCUT2D eigenvalue weighted by molar-refractivity contribution is -0.384. The van der Waals surface area contributed by atoms with Crippen molar-refractivity contribution < 1.29 is 41.9 Å². The maximum Gasteiger partial charge on any atom is 0.410 e. The molecule has 3 aromatic rings. The highest BCUT2D eigenvalue weighted by atomic mass is 32.2. The summed E-state index contributed by atoms with van der Waals surface area (Å²) in [5.74, 6) is -1.49. The van der Waals surface area contributed by atoms with Crippen LogP contribution < -0.4 is 10.0 Å². The van der Waals surface area contributed by atoms with Gasteiger partial charge in [0.05, 0.1) is 23.0 Å². The molecule has 1 aliphatic rings. The van der Waals surface area contributed by atoms with Crippen LogP contribution in [0.25, 0.3) is 11.1 Å². The molecule has 4 rings (SSSR count). The van der Waals surface area contributed by atoms with E-state index < -0.39 is 51.6 Å². The second kappa shape index (κ2) is 15.8. The first-order chi connectivity index (χ1) is 22.7. The fourth-order valence-corrected chi connectivity index (χ4v) is 6.09. The van der Waals surface area contributed by atoms with Crippen LogP contribution in [0, 0.1) is 10.1 Å². The van der Waals surface area contributed by atoms with Crippen molar-refractivity contribution in [3.05, 3.63) is 94.0 Å². The van der Waals surface area contributed by atoms with Gasteiger partial charge in [0, 0.05) is 31.1 Å². The van der Waals surface area contributed by atoms with Crippen molar-refractivity contribution in [2.24, 2.45) is 0 Å². The van der Waals surface area contributed by atoms with Gasteiger partial charge in [0.25, 0.3) is 5.69 Å². The van der Waals surface area contributed by atoms with E-state index in [1.807, 2.05) is 48.5 Å². The van der Waals surface area contributed by atoms with Crippen molar-refractivity contribution >= 4 is 33.7 Å². The van der Waals surface area contributed by atoms with Crippen LogP contribution in [0.15, 0.2) is 77.7 Å². The molecule has 0 aliphatic heterocycles. The van der Waals surface area contributed by atoms with Gasteiger partial charge in [-0.1, -0.05) is 48.5 Å². The highest BCUT2D eigenvalue weighted by Crippen LogP contribution is 2.44. The monoisotopic (exact) mass is 682 g/mol. The minimum Gasteiger partial charge on any atom is -0.459 e. The summed E-state index contributed by atoms with van der Waals surface area (Å²) in [5.41, 5.74) is 3.11. The van der Waals surface area contributed by atoms with E-state index in [1.165, 1.54) is 0 Å². The zero-order chi connectivity index (χ0) is 34.9. The molecule has 0 unspecified atom stereocenters. The number of sulfonamides is 1. The maximum atomic E-state index is 13.2. The van der Waals surface area contributed by atoms with Crippen LogP contribution in [-0.2, 0) is 33.8 Å². The van der Waals surface area contributed by atoms with Crippen LogP contribution in [0.2, 0.25) is 0 Å². The number of carbonyl (C=O) groups excluding carboxylic acids is 3. The van der Waals surface area contributed by atoms with Crippen LogP contribution in [-0.4, -0.2) is 87.8 Å². The summed E-state index contributed by atoms with van der Waals surface area (Å²) in [6.07, 6.45) is -0.852. The number of esters is 1. The fourth-order valence-electron chi connectivity index (χ4n) is 5.07. The number of amides is 2. The molecule has 0 radical (unpaired) electrons. The van der Waals surface area contributed by atoms with Gasteiger partial charge in [0.15, 0.2) is 0 Å². The van der Waals surface area contributed by atoms with E-state index in [0.717, 1.165) is 51.4 Å². The number of nitro benzene ring substituents is 1. The number of nitrogens with one attached hydrogen (secondary N) is 2. The molecule has 48 heavy (non-hydrogen) atoms. The number of hydrogen-bond donors (Lipinski definition) is 2. The first-order valence-electron chi connectivity index (χ1n) is 15.2. The van der Waals surface area contributed by atoms with Gasteiger partial charge < -0.3 is 19.5 Å². The Labute approximate surface area is 278 Å². The summed E-state index contributed by atoms with van der Waals surface area (Å²) < 4.78 is 43.5. The van der Waals surface area contributed by atoms with E-state index in [-0.39, 0.29) is 49.4 Å². The molecule has 2 N–H and O–H groups in total. The number of benzene rings is 3. The van der Waals surface area contributed by atoms with E-state index in [1.54, 1.807) is 20.8 Å². The van der Waals surface area contributed by atoms with Crippen molar-refractivity contribution in [3.8, 4) is 11.1 Å². The molecule has 3 aromatic carbocycles. The summed E-state index contributed by atoms with van der Waals surface area (Å²) in [5, 5.41) is 13.4. The quantitative estimate of drug-likeness (QED) is 0.104. The van der Waals surface area contributed by atoms with Gasteiger partial charge in [0.2, 0.25) is 15.9 Å². The average molecular weight is 683 g/mol. The molecule has 0 fully saturated rings. The summed E-state index contributed by atoms with van der Waals surface area (Å²) >= 11 is 0. The SMILES string of the molecule is CC(C)(C)OC(=O)CN(CC(=O)NCCOCCNS(=O)(=O)c1ccc([N+](=O)[O-])cc1)C(=O)OCC1c2ccccc2-c2ccccc21. The number of ether oxygens (including phenoxy) is 3. The summed E-state index contributed by atoms with van der Waals surface area (Å²) in [4.78, 5) is 49.6. The second-order valence-corrected chi connectivity index (χ2v) is 13.6. The van der Waals surface area contributed by atoms with Gasteiger partial charge in [-0.25, -0.2) is 17.9 Å². The summed E-state index contributed by atoms with van der Waals surface area (Å²) in [7, 11) is -3.90. The minimum absolute atomic E-state index is 0.00108. The predicted octanol–water partition coefficient (Wildman–Crippen LogP) is 3.60. The Kier molecular flexibility index (Phi) is 11.9. The van der Waals surface area contributed by atoms with Crippen molar-refractivity contribution in [3.63, 3.8) is 0 Å². The van der Waals surface area contributed by atoms with Crippen LogP contribution in [0.5, 0.6) is 0 Å². The van der Waals surface area contributed by atoms with Crippen molar-refractivity contribution in [1.82, 2.24) is 14.9 Å². The fraction of sp³-hybridized carbons (Fsp3) is 0.364. The van der Waals surface area contributed by atoms with Crippen LogP contribution in [0.3, 0.4) is 0 Å². The Balaban J connectivity index is 1.26. The van der Waals surface area contributed by atoms with Crippen molar-refractivity contribution in [2.75, 3.05) is 46.0 Å². The second-order valence-electron chi connectivity index (χ2n) is 11.9. The molecular formula is C33H38N4O10S. The third-order valence-electron chi connectivity index (χ3n) is 7.13. The number of nitro groups is 1. The maximum absolute atomic E-state index is 13.2. The van der Waals surface area contributed by atoms with E-state index in [4.69, 9.17) is 14.2 Å². The number of carbonyl (C=O) groups is 3. The third kappa shape index (κ3) is 9.82. The predicted molar refractivity (Wildman–Crippen MR) is 175 cm³/mol. The normalized spacial score (nSPS) is 12.5. The van der Waals surface area contributed by atoms with Crippen LogP contribution >= 0.6 is 0 Å². The summed E-state index contributed by atoms with van der Waals surface area (Å²) in [6, 6.07) is 20.2. The minimum atomic E-state index is -3.90. The lowest BCUT2D eigenvalue weighted by Crippen LogP contribution is -2.45. The van der Waals surface area contributed by atoms with Gasteiger partial charge >= 0.3 is 12.1 Å². The topological polar surface area (TPSA) is 183 Å².